The molecule has 6 nitrogen and oxygen atoms in total. The molecule has 0 saturated heterocycles. The van der Waals surface area contributed by atoms with Crippen LogP contribution in [0.2, 0.25) is 0 Å². The molecule has 0 unspecified atom stereocenters. The molecule has 0 saturated carbocycles. The molecule has 0 radical (unpaired) electrons. The van der Waals surface area contributed by atoms with E-state index in [2.05, 4.69) is 17.1 Å². The van der Waals surface area contributed by atoms with Gasteiger partial charge in [0.2, 0.25) is 0 Å². The summed E-state index contributed by atoms with van der Waals surface area (Å²) in [7, 11) is 0. The van der Waals surface area contributed by atoms with E-state index < -0.39 is 5.97 Å². The minimum absolute atomic E-state index is 0.112. The topological polar surface area (TPSA) is 84.6 Å². The Labute approximate surface area is 150 Å². The zero-order chi connectivity index (χ0) is 18.4. The van der Waals surface area contributed by atoms with Crippen LogP contribution in [0.15, 0.2) is 36.5 Å². The van der Waals surface area contributed by atoms with Gasteiger partial charge >= 0.3 is 5.97 Å². The Morgan fingerprint density at radius 1 is 1.19 bits per heavy atom. The molecule has 3 aromatic rings. The lowest BCUT2D eigenvalue weighted by atomic mass is 10.1. The van der Waals surface area contributed by atoms with Gasteiger partial charge in [0.1, 0.15) is 11.3 Å². The molecular formula is C20H18N2O4. The number of benzene rings is 1. The van der Waals surface area contributed by atoms with Crippen molar-refractivity contribution in [1.82, 2.24) is 9.55 Å². The van der Waals surface area contributed by atoms with Gasteiger partial charge in [-0.3, -0.25) is 4.98 Å². The summed E-state index contributed by atoms with van der Waals surface area (Å²) >= 11 is 0. The molecule has 1 aliphatic heterocycles. The molecule has 1 aromatic carbocycles. The number of hydrogen-bond acceptors (Lipinski definition) is 4. The van der Waals surface area contributed by atoms with Gasteiger partial charge in [-0.1, -0.05) is 0 Å². The zero-order valence-electron chi connectivity index (χ0n) is 14.5. The van der Waals surface area contributed by atoms with E-state index in [1.165, 1.54) is 12.1 Å². The Balaban J connectivity index is 1.80. The first-order valence-corrected chi connectivity index (χ1v) is 8.27. The molecule has 4 rings (SSSR count). The highest BCUT2D eigenvalue weighted by molar-refractivity contribution is 5.91. The average Bonchev–Trinajstić information content (AvgIpc) is 3.17. The molecule has 6 heteroatoms. The Kier molecular flexibility index (Phi) is 3.77. The highest BCUT2D eigenvalue weighted by Crippen LogP contribution is 2.32. The third-order valence-electron chi connectivity index (χ3n) is 4.77. The lowest BCUT2D eigenvalue weighted by Gasteiger charge is -2.12. The molecular weight excluding hydrogens is 332 g/mol. The number of carboxylic acid groups (broad SMARTS) is 1. The van der Waals surface area contributed by atoms with Crippen molar-refractivity contribution in [2.75, 3.05) is 0 Å². The van der Waals surface area contributed by atoms with Gasteiger partial charge < -0.3 is 19.5 Å². The third kappa shape index (κ3) is 2.55. The molecule has 26 heavy (non-hydrogen) atoms. The second-order valence-electron chi connectivity index (χ2n) is 6.45. The number of ether oxygens (including phenoxy) is 1. The van der Waals surface area contributed by atoms with Crippen molar-refractivity contribution in [2.24, 2.45) is 0 Å². The van der Waals surface area contributed by atoms with Crippen LogP contribution in [0.3, 0.4) is 0 Å². The fourth-order valence-electron chi connectivity index (χ4n) is 3.49. The number of aryl methyl sites for hydroxylation is 1. The summed E-state index contributed by atoms with van der Waals surface area (Å²) in [6.07, 6.45) is 1.85. The molecule has 2 N–H and O–H groups in total. The fraction of sp³-hybridized carbons (Fsp3) is 0.200. The van der Waals surface area contributed by atoms with Crippen molar-refractivity contribution in [3.05, 3.63) is 64.7 Å². The summed E-state index contributed by atoms with van der Waals surface area (Å²) in [6.45, 7) is 5.11. The summed E-state index contributed by atoms with van der Waals surface area (Å²) < 4.78 is 7.43. The predicted octanol–water partition coefficient (Wildman–Crippen LogP) is 3.59. The van der Waals surface area contributed by atoms with E-state index in [1.54, 1.807) is 6.07 Å². The lowest BCUT2D eigenvalue weighted by molar-refractivity contribution is 0.0694. The van der Waals surface area contributed by atoms with Crippen LogP contribution in [0.1, 0.15) is 33.0 Å². The largest absolute Gasteiger partial charge is 0.507 e. The molecule has 1 aliphatic rings. The molecule has 0 atom stereocenters. The van der Waals surface area contributed by atoms with E-state index in [0.717, 1.165) is 33.8 Å². The van der Waals surface area contributed by atoms with Crippen molar-refractivity contribution in [1.29, 1.82) is 0 Å². The van der Waals surface area contributed by atoms with Crippen LogP contribution < -0.4 is 0 Å². The van der Waals surface area contributed by atoms with Crippen LogP contribution in [0.5, 0.6) is 5.75 Å². The Morgan fingerprint density at radius 2 is 2.00 bits per heavy atom. The third-order valence-corrected chi connectivity index (χ3v) is 4.77. The van der Waals surface area contributed by atoms with E-state index in [1.807, 2.05) is 24.6 Å². The van der Waals surface area contributed by atoms with Crippen molar-refractivity contribution >= 4 is 5.97 Å². The van der Waals surface area contributed by atoms with Crippen LogP contribution in [-0.4, -0.2) is 25.7 Å². The molecule has 0 bridgehead atoms. The Bertz CT molecular complexity index is 1040. The molecule has 3 heterocycles. The van der Waals surface area contributed by atoms with Crippen molar-refractivity contribution < 1.29 is 19.7 Å². The normalized spacial score (nSPS) is 13.0. The van der Waals surface area contributed by atoms with Gasteiger partial charge in [0.05, 0.1) is 18.9 Å². The summed E-state index contributed by atoms with van der Waals surface area (Å²) in [5, 5.41) is 19.1. The van der Waals surface area contributed by atoms with Crippen molar-refractivity contribution in [3.8, 4) is 22.6 Å². The molecule has 132 valence electrons. The SMILES string of the molecule is Cc1cc(-c2cnc3c(c2)COC3)c(C)n1-c1ccc(C(=O)O)c(O)c1. The van der Waals surface area contributed by atoms with Gasteiger partial charge in [-0.15, -0.1) is 0 Å². The van der Waals surface area contributed by atoms with Crippen molar-refractivity contribution in [3.63, 3.8) is 0 Å². The summed E-state index contributed by atoms with van der Waals surface area (Å²) in [6, 6.07) is 8.76. The molecule has 0 aliphatic carbocycles. The first-order chi connectivity index (χ1) is 12.5. The summed E-state index contributed by atoms with van der Waals surface area (Å²) in [5.41, 5.74) is 6.73. The number of carboxylic acids is 1. The quantitative estimate of drug-likeness (QED) is 0.754. The summed E-state index contributed by atoms with van der Waals surface area (Å²) in [5.74, 6) is -1.40. The Morgan fingerprint density at radius 3 is 2.73 bits per heavy atom. The summed E-state index contributed by atoms with van der Waals surface area (Å²) in [4.78, 5) is 15.6. The van der Waals surface area contributed by atoms with Gasteiger partial charge in [0.15, 0.2) is 0 Å². The average molecular weight is 350 g/mol. The number of aromatic hydroxyl groups is 1. The highest BCUT2D eigenvalue weighted by atomic mass is 16.5. The number of carbonyl (C=O) groups is 1. The number of phenols is 1. The number of rotatable bonds is 3. The standard InChI is InChI=1S/C20H18N2O4/c1-11-5-17(13-6-14-9-26-10-18(14)21-8-13)12(2)22(11)15-3-4-16(20(24)25)19(23)7-15/h3-8,23H,9-10H2,1-2H3,(H,24,25). The number of aromatic nitrogens is 2. The van der Waals surface area contributed by atoms with Crippen LogP contribution >= 0.6 is 0 Å². The van der Waals surface area contributed by atoms with Gasteiger partial charge in [0.25, 0.3) is 0 Å². The number of aromatic carboxylic acids is 1. The van der Waals surface area contributed by atoms with Crippen LogP contribution in [0.4, 0.5) is 0 Å². The maximum absolute atomic E-state index is 11.1. The first-order valence-electron chi connectivity index (χ1n) is 8.27. The van der Waals surface area contributed by atoms with E-state index in [4.69, 9.17) is 9.84 Å². The van der Waals surface area contributed by atoms with Crippen molar-refractivity contribution in [2.45, 2.75) is 27.1 Å². The number of nitrogens with zero attached hydrogens (tertiary/aromatic N) is 2. The molecule has 0 spiro atoms. The van der Waals surface area contributed by atoms with Gasteiger partial charge in [-0.2, -0.15) is 0 Å². The smallest absolute Gasteiger partial charge is 0.339 e. The van der Waals surface area contributed by atoms with Gasteiger partial charge in [-0.25, -0.2) is 4.79 Å². The van der Waals surface area contributed by atoms with Crippen LogP contribution in [0.25, 0.3) is 16.8 Å². The van der Waals surface area contributed by atoms with Crippen LogP contribution in [-0.2, 0) is 18.0 Å². The minimum atomic E-state index is -1.15. The maximum Gasteiger partial charge on any atom is 0.339 e. The van der Waals surface area contributed by atoms with E-state index in [-0.39, 0.29) is 11.3 Å². The lowest BCUT2D eigenvalue weighted by Crippen LogP contribution is -2.02. The van der Waals surface area contributed by atoms with E-state index in [9.17, 15) is 9.90 Å². The minimum Gasteiger partial charge on any atom is -0.507 e. The molecule has 0 fully saturated rings. The Hall–Kier alpha value is -3.12. The monoisotopic (exact) mass is 350 g/mol. The second-order valence-corrected chi connectivity index (χ2v) is 6.45. The van der Waals surface area contributed by atoms with E-state index in [0.29, 0.717) is 18.9 Å². The predicted molar refractivity (Wildman–Crippen MR) is 95.6 cm³/mol. The molecule has 2 aromatic heterocycles. The van der Waals surface area contributed by atoms with Crippen LogP contribution in [0, 0.1) is 13.8 Å². The fourth-order valence-corrected chi connectivity index (χ4v) is 3.49. The second kappa shape index (κ2) is 6.00. The zero-order valence-corrected chi connectivity index (χ0v) is 14.5. The molecule has 0 amide bonds. The number of hydrogen-bond donors (Lipinski definition) is 2. The van der Waals surface area contributed by atoms with E-state index >= 15 is 0 Å². The maximum atomic E-state index is 11.1. The van der Waals surface area contributed by atoms with Gasteiger partial charge in [-0.05, 0) is 38.1 Å². The number of fused-ring (bicyclic) bond motifs is 1. The van der Waals surface area contributed by atoms with Gasteiger partial charge in [0, 0.05) is 46.0 Å². The first kappa shape index (κ1) is 16.4. The number of pyridine rings is 1. The highest BCUT2D eigenvalue weighted by Gasteiger charge is 2.18.